The number of ether oxygens (including phenoxy) is 2. The van der Waals surface area contributed by atoms with Crippen molar-refractivity contribution in [3.63, 3.8) is 0 Å². The Bertz CT molecular complexity index is 1320. The summed E-state index contributed by atoms with van der Waals surface area (Å²) in [6, 6.07) is 5.35. The highest BCUT2D eigenvalue weighted by molar-refractivity contribution is 7.99. The highest BCUT2D eigenvalue weighted by Gasteiger charge is 2.25. The first kappa shape index (κ1) is 27.2. The highest BCUT2D eigenvalue weighted by Crippen LogP contribution is 2.33. The lowest BCUT2D eigenvalue weighted by molar-refractivity contribution is -0.113. The zero-order chi connectivity index (χ0) is 26.4. The predicted octanol–water partition coefficient (Wildman–Crippen LogP) is 3.99. The molecule has 0 saturated heterocycles. The first-order valence-corrected chi connectivity index (χ1v) is 12.7. The van der Waals surface area contributed by atoms with Gasteiger partial charge in [-0.1, -0.05) is 29.4 Å². The number of rotatable bonds is 11. The number of hydrogen-bond donors (Lipinski definition) is 2. The molecule has 3 rings (SSSR count). The van der Waals surface area contributed by atoms with Crippen LogP contribution in [-0.4, -0.2) is 45.4 Å². The van der Waals surface area contributed by atoms with E-state index in [1.807, 2.05) is 13.0 Å². The molecule has 0 radical (unpaired) electrons. The Labute approximate surface area is 220 Å². The molecule has 0 unspecified atom stereocenters. The molecule has 1 aromatic carbocycles. The van der Waals surface area contributed by atoms with Gasteiger partial charge in [0.2, 0.25) is 5.91 Å². The quantitative estimate of drug-likeness (QED) is 0.208. The van der Waals surface area contributed by atoms with Crippen LogP contribution in [0.4, 0.5) is 5.00 Å². The molecule has 0 spiro atoms. The van der Waals surface area contributed by atoms with Crippen molar-refractivity contribution in [1.29, 1.82) is 0 Å². The van der Waals surface area contributed by atoms with E-state index in [-0.39, 0.29) is 27.8 Å². The van der Waals surface area contributed by atoms with Crippen molar-refractivity contribution in [1.82, 2.24) is 14.8 Å². The van der Waals surface area contributed by atoms with E-state index in [1.165, 1.54) is 7.11 Å². The summed E-state index contributed by atoms with van der Waals surface area (Å²) in [5.74, 6) is -0.621. The number of aromatic nitrogens is 3. The van der Waals surface area contributed by atoms with Crippen LogP contribution >= 0.6 is 34.7 Å². The number of esters is 1. The second-order valence-electron chi connectivity index (χ2n) is 7.45. The number of hydrogen-bond acceptors (Lipinski definition) is 9. The van der Waals surface area contributed by atoms with Crippen LogP contribution in [0.25, 0.3) is 0 Å². The molecule has 36 heavy (non-hydrogen) atoms. The van der Waals surface area contributed by atoms with E-state index < -0.39 is 17.8 Å². The van der Waals surface area contributed by atoms with Gasteiger partial charge < -0.3 is 20.5 Å². The van der Waals surface area contributed by atoms with E-state index in [4.69, 9.17) is 26.8 Å². The number of carbonyl (C=O) groups is 3. The van der Waals surface area contributed by atoms with Crippen LogP contribution in [0.3, 0.4) is 0 Å². The first-order valence-electron chi connectivity index (χ1n) is 10.5. The van der Waals surface area contributed by atoms with Crippen molar-refractivity contribution in [2.75, 3.05) is 18.2 Å². The van der Waals surface area contributed by atoms with Crippen molar-refractivity contribution in [3.05, 3.63) is 63.3 Å². The lowest BCUT2D eigenvalue weighted by atomic mass is 10.1. The van der Waals surface area contributed by atoms with E-state index >= 15 is 0 Å². The molecule has 2 amide bonds. The van der Waals surface area contributed by atoms with Gasteiger partial charge in [-0.05, 0) is 43.2 Å². The Morgan fingerprint density at radius 2 is 2.06 bits per heavy atom. The molecular weight excluding hydrogens is 526 g/mol. The van der Waals surface area contributed by atoms with Gasteiger partial charge >= 0.3 is 5.97 Å². The minimum atomic E-state index is -0.696. The number of allylic oxidation sites excluding steroid dienone is 1. The van der Waals surface area contributed by atoms with Crippen LogP contribution in [0.2, 0.25) is 5.02 Å². The second kappa shape index (κ2) is 12.1. The Hall–Kier alpha value is -3.35. The van der Waals surface area contributed by atoms with Crippen LogP contribution in [0, 0.1) is 13.8 Å². The molecule has 0 saturated carbocycles. The van der Waals surface area contributed by atoms with Gasteiger partial charge in [-0.2, -0.15) is 0 Å². The number of benzene rings is 1. The normalized spacial score (nSPS) is 10.7. The molecule has 190 valence electrons. The number of thioether (sulfide) groups is 1. The topological polar surface area (TPSA) is 138 Å². The van der Waals surface area contributed by atoms with E-state index in [2.05, 4.69) is 22.1 Å². The van der Waals surface area contributed by atoms with Crippen molar-refractivity contribution < 1.29 is 23.9 Å². The number of nitrogens with zero attached hydrogens (tertiary/aromatic N) is 3. The third-order valence-electron chi connectivity index (χ3n) is 4.95. The Morgan fingerprint density at radius 3 is 2.69 bits per heavy atom. The molecule has 0 fully saturated rings. The summed E-state index contributed by atoms with van der Waals surface area (Å²) >= 11 is 8.14. The lowest BCUT2D eigenvalue weighted by Gasteiger charge is -2.10. The number of nitrogens with one attached hydrogen (secondary N) is 1. The summed E-state index contributed by atoms with van der Waals surface area (Å²) in [5.41, 5.74) is 6.73. The van der Waals surface area contributed by atoms with E-state index in [1.54, 1.807) is 29.7 Å². The number of amides is 2. The maximum absolute atomic E-state index is 12.7. The number of anilines is 1. The molecule has 10 nitrogen and oxygen atoms in total. The van der Waals surface area contributed by atoms with Gasteiger partial charge in [0.1, 0.15) is 17.4 Å². The van der Waals surface area contributed by atoms with Gasteiger partial charge in [-0.25, -0.2) is 4.79 Å². The summed E-state index contributed by atoms with van der Waals surface area (Å²) in [5, 5.41) is 12.4. The van der Waals surface area contributed by atoms with Gasteiger partial charge in [0.25, 0.3) is 5.91 Å². The molecule has 0 aliphatic rings. The number of methoxy groups -OCH3 is 1. The van der Waals surface area contributed by atoms with Gasteiger partial charge in [-0.3, -0.25) is 14.2 Å². The van der Waals surface area contributed by atoms with Crippen LogP contribution in [0.1, 0.15) is 37.0 Å². The molecule has 3 aromatic rings. The molecule has 2 aromatic heterocycles. The molecule has 0 aliphatic heterocycles. The zero-order valence-corrected chi connectivity index (χ0v) is 22.2. The molecule has 13 heteroatoms. The smallest absolute Gasteiger partial charge is 0.341 e. The van der Waals surface area contributed by atoms with Gasteiger partial charge in [0.05, 0.1) is 23.3 Å². The maximum Gasteiger partial charge on any atom is 0.341 e. The molecule has 3 N–H and O–H groups in total. The highest BCUT2D eigenvalue weighted by atomic mass is 35.5. The minimum Gasteiger partial charge on any atom is -0.486 e. The van der Waals surface area contributed by atoms with Crippen molar-refractivity contribution >= 4 is 57.5 Å². The SMILES string of the molecule is C=CCn1c(COc2ccc(Cl)c(C)c2)nnc1SCC(=O)Nc1sc(C(N)=O)c(C)c1C(=O)OC. The van der Waals surface area contributed by atoms with Crippen LogP contribution < -0.4 is 15.8 Å². The number of carbonyl (C=O) groups excluding carboxylic acids is 3. The Balaban J connectivity index is 1.70. The molecule has 0 bridgehead atoms. The molecular formula is C23H24ClN5O5S2. The number of primary amides is 1. The monoisotopic (exact) mass is 549 g/mol. The molecule has 0 aliphatic carbocycles. The van der Waals surface area contributed by atoms with Crippen molar-refractivity contribution in [2.45, 2.75) is 32.2 Å². The van der Waals surface area contributed by atoms with Gasteiger partial charge in [-0.15, -0.1) is 28.1 Å². The number of thiophene rings is 1. The standard InChI is InChI=1S/C23H24ClN5O5S2/c1-5-8-29-16(10-34-14-6-7-15(24)12(2)9-14)27-28-23(29)35-11-17(30)26-21-18(22(32)33-4)13(3)19(36-21)20(25)31/h5-7,9H,1,8,10-11H2,2-4H3,(H2,25,31)(H,26,30). The summed E-state index contributed by atoms with van der Waals surface area (Å²) in [4.78, 5) is 36.7. The summed E-state index contributed by atoms with van der Waals surface area (Å²) < 4.78 is 12.4. The largest absolute Gasteiger partial charge is 0.486 e. The maximum atomic E-state index is 12.7. The number of aryl methyl sites for hydroxylation is 1. The van der Waals surface area contributed by atoms with Gasteiger partial charge in [0.15, 0.2) is 11.0 Å². The average molecular weight is 550 g/mol. The fraction of sp³-hybridized carbons (Fsp3) is 0.261. The fourth-order valence-corrected chi connectivity index (χ4v) is 5.12. The summed E-state index contributed by atoms with van der Waals surface area (Å²) in [6.45, 7) is 7.79. The lowest BCUT2D eigenvalue weighted by Crippen LogP contribution is -2.16. The summed E-state index contributed by atoms with van der Waals surface area (Å²) in [7, 11) is 1.21. The third kappa shape index (κ3) is 6.25. The van der Waals surface area contributed by atoms with Crippen LogP contribution in [0.5, 0.6) is 5.75 Å². The Morgan fingerprint density at radius 1 is 1.31 bits per heavy atom. The molecule has 2 heterocycles. The second-order valence-corrected chi connectivity index (χ2v) is 9.82. The minimum absolute atomic E-state index is 0.0318. The van der Waals surface area contributed by atoms with Crippen molar-refractivity contribution in [3.8, 4) is 5.75 Å². The first-order chi connectivity index (χ1) is 17.2. The van der Waals surface area contributed by atoms with E-state index in [9.17, 15) is 14.4 Å². The van der Waals surface area contributed by atoms with Crippen LogP contribution in [0.15, 0.2) is 36.0 Å². The Kier molecular flexibility index (Phi) is 9.13. The molecule has 0 atom stereocenters. The average Bonchev–Trinajstić information content (AvgIpc) is 3.38. The third-order valence-corrected chi connectivity index (χ3v) is 7.56. The predicted molar refractivity (Wildman–Crippen MR) is 139 cm³/mol. The van der Waals surface area contributed by atoms with Gasteiger partial charge in [0, 0.05) is 11.6 Å². The number of halogens is 1. The fourth-order valence-electron chi connectivity index (χ4n) is 3.18. The van der Waals surface area contributed by atoms with E-state index in [0.29, 0.717) is 33.9 Å². The zero-order valence-electron chi connectivity index (χ0n) is 19.8. The van der Waals surface area contributed by atoms with Crippen LogP contribution in [-0.2, 0) is 22.7 Å². The van der Waals surface area contributed by atoms with E-state index in [0.717, 1.165) is 28.7 Å². The van der Waals surface area contributed by atoms with Crippen molar-refractivity contribution in [2.24, 2.45) is 5.73 Å². The summed E-state index contributed by atoms with van der Waals surface area (Å²) in [6.07, 6.45) is 1.69. The number of nitrogens with two attached hydrogens (primary N) is 1.